The van der Waals surface area contributed by atoms with Crippen LogP contribution in [0, 0.1) is 0 Å². The third kappa shape index (κ3) is 4.11. The van der Waals surface area contributed by atoms with E-state index in [-0.39, 0.29) is 31.2 Å². The lowest BCUT2D eigenvalue weighted by Gasteiger charge is -2.50. The van der Waals surface area contributed by atoms with E-state index in [4.69, 9.17) is 74.3 Å². The summed E-state index contributed by atoms with van der Waals surface area (Å²) in [4.78, 5) is 43.0. The molecule has 2 atom stereocenters. The van der Waals surface area contributed by atoms with Gasteiger partial charge in [-0.3, -0.25) is 19.3 Å². The van der Waals surface area contributed by atoms with Gasteiger partial charge in [0.15, 0.2) is 0 Å². The standard InChI is InChI=1S/C24H11BrCl6N2O4/c1-37-13-3-2-8(4-12(13)25)20-21(24(36)32(20)11-6-9(26)5-10(27)7-11)33-22(34)14-15(23(33)35)17(29)19(31)18(30)16(14)28/h2-7,20-21H,1H3/t20-,21-/m1/s1. The smallest absolute Gasteiger partial charge is 0.264 e. The maximum Gasteiger partial charge on any atom is 0.264 e. The zero-order valence-electron chi connectivity index (χ0n) is 18.3. The number of amides is 3. The van der Waals surface area contributed by atoms with Crippen LogP contribution in [0.25, 0.3) is 0 Å². The van der Waals surface area contributed by atoms with E-state index < -0.39 is 29.8 Å². The maximum atomic E-state index is 13.6. The number of halogens is 7. The van der Waals surface area contributed by atoms with E-state index >= 15 is 0 Å². The summed E-state index contributed by atoms with van der Waals surface area (Å²) in [7, 11) is 1.51. The zero-order chi connectivity index (χ0) is 26.9. The van der Waals surface area contributed by atoms with Gasteiger partial charge in [0.2, 0.25) is 0 Å². The number of hydrogen-bond donors (Lipinski definition) is 0. The van der Waals surface area contributed by atoms with Crippen molar-refractivity contribution in [2.45, 2.75) is 12.1 Å². The summed E-state index contributed by atoms with van der Waals surface area (Å²) in [5, 5.41) is -0.169. The highest BCUT2D eigenvalue weighted by Gasteiger charge is 2.58. The van der Waals surface area contributed by atoms with E-state index in [2.05, 4.69) is 15.9 Å². The molecule has 2 heterocycles. The molecule has 2 aliphatic heterocycles. The molecule has 0 spiro atoms. The quantitative estimate of drug-likeness (QED) is 0.121. The Labute approximate surface area is 249 Å². The van der Waals surface area contributed by atoms with E-state index in [1.54, 1.807) is 30.3 Å². The number of nitrogens with zero attached hydrogens (tertiary/aromatic N) is 2. The largest absolute Gasteiger partial charge is 0.496 e. The monoisotopic (exact) mass is 680 g/mol. The second kappa shape index (κ2) is 9.79. The molecule has 190 valence electrons. The Kier molecular flexibility index (Phi) is 7.12. The molecule has 1 fully saturated rings. The van der Waals surface area contributed by atoms with E-state index in [9.17, 15) is 14.4 Å². The molecule has 3 aromatic rings. The topological polar surface area (TPSA) is 66.9 Å². The molecule has 0 aliphatic carbocycles. The van der Waals surface area contributed by atoms with Crippen LogP contribution in [0.3, 0.4) is 0 Å². The van der Waals surface area contributed by atoms with Crippen LogP contribution in [0.2, 0.25) is 30.1 Å². The Morgan fingerprint density at radius 2 is 1.27 bits per heavy atom. The number of fused-ring (bicyclic) bond motifs is 1. The Bertz CT molecular complexity index is 1480. The van der Waals surface area contributed by atoms with Crippen LogP contribution < -0.4 is 9.64 Å². The molecule has 5 rings (SSSR count). The minimum Gasteiger partial charge on any atom is -0.496 e. The van der Waals surface area contributed by atoms with Gasteiger partial charge in [-0.2, -0.15) is 0 Å². The van der Waals surface area contributed by atoms with Gasteiger partial charge in [-0.25, -0.2) is 0 Å². The highest BCUT2D eigenvalue weighted by atomic mass is 79.9. The molecule has 1 saturated heterocycles. The van der Waals surface area contributed by atoms with Gasteiger partial charge in [0.25, 0.3) is 17.7 Å². The average molecular weight is 684 g/mol. The highest BCUT2D eigenvalue weighted by Crippen LogP contribution is 2.50. The van der Waals surface area contributed by atoms with Crippen LogP contribution in [0.4, 0.5) is 5.69 Å². The molecule has 0 unspecified atom stereocenters. The number of methoxy groups -OCH3 is 1. The third-order valence-corrected chi connectivity index (χ3v) is 8.98. The first-order valence-electron chi connectivity index (χ1n) is 10.3. The number of anilines is 1. The van der Waals surface area contributed by atoms with E-state index in [1.807, 2.05) is 0 Å². The number of rotatable bonds is 4. The number of benzene rings is 3. The normalized spacial score (nSPS) is 18.9. The van der Waals surface area contributed by atoms with Crippen LogP contribution in [0.5, 0.6) is 5.75 Å². The van der Waals surface area contributed by atoms with E-state index in [1.165, 1.54) is 18.1 Å². The van der Waals surface area contributed by atoms with Crippen molar-refractivity contribution in [3.63, 3.8) is 0 Å². The van der Waals surface area contributed by atoms with Gasteiger partial charge in [0, 0.05) is 15.7 Å². The van der Waals surface area contributed by atoms with Crippen LogP contribution in [0.1, 0.15) is 32.3 Å². The molecular weight excluding hydrogens is 673 g/mol. The summed E-state index contributed by atoms with van der Waals surface area (Å²) in [6, 6.07) is 7.73. The molecule has 13 heteroatoms. The third-order valence-electron chi connectivity index (χ3n) is 6.12. The zero-order valence-corrected chi connectivity index (χ0v) is 24.4. The van der Waals surface area contributed by atoms with E-state index in [0.717, 1.165) is 4.90 Å². The average Bonchev–Trinajstić information content (AvgIpc) is 3.09. The summed E-state index contributed by atoms with van der Waals surface area (Å²) in [5.74, 6) is -1.63. The minimum absolute atomic E-state index is 0.166. The Balaban J connectivity index is 1.66. The summed E-state index contributed by atoms with van der Waals surface area (Å²) in [6.45, 7) is 0. The molecule has 6 nitrogen and oxygen atoms in total. The van der Waals surface area contributed by atoms with Gasteiger partial charge >= 0.3 is 0 Å². The van der Waals surface area contributed by atoms with Crippen molar-refractivity contribution in [2.75, 3.05) is 12.0 Å². The predicted octanol–water partition coefficient (Wildman–Crippen LogP) is 8.13. The fourth-order valence-corrected chi connectivity index (χ4v) is 6.60. The lowest BCUT2D eigenvalue weighted by Crippen LogP contribution is -2.67. The lowest BCUT2D eigenvalue weighted by atomic mass is 9.86. The summed E-state index contributed by atoms with van der Waals surface area (Å²) >= 11 is 40.7. The molecule has 0 bridgehead atoms. The van der Waals surface area contributed by atoms with Crippen molar-refractivity contribution in [1.29, 1.82) is 0 Å². The van der Waals surface area contributed by atoms with Crippen molar-refractivity contribution in [3.05, 3.63) is 87.7 Å². The van der Waals surface area contributed by atoms with Crippen molar-refractivity contribution in [2.24, 2.45) is 0 Å². The van der Waals surface area contributed by atoms with Crippen LogP contribution in [-0.4, -0.2) is 35.8 Å². The number of carbonyl (C=O) groups excluding carboxylic acids is 3. The maximum absolute atomic E-state index is 13.6. The van der Waals surface area contributed by atoms with Gasteiger partial charge in [0.05, 0.1) is 48.8 Å². The van der Waals surface area contributed by atoms with Crippen molar-refractivity contribution >= 4 is 109 Å². The predicted molar refractivity (Wildman–Crippen MR) is 148 cm³/mol. The number of carbonyl (C=O) groups is 3. The molecule has 3 aromatic carbocycles. The van der Waals surface area contributed by atoms with Gasteiger partial charge in [-0.15, -0.1) is 0 Å². The molecule has 37 heavy (non-hydrogen) atoms. The van der Waals surface area contributed by atoms with Gasteiger partial charge < -0.3 is 9.64 Å². The second-order valence-electron chi connectivity index (χ2n) is 8.11. The Morgan fingerprint density at radius 1 is 0.730 bits per heavy atom. The Hall–Kier alpha value is -1.71. The molecule has 2 aliphatic rings. The van der Waals surface area contributed by atoms with Gasteiger partial charge in [-0.1, -0.05) is 75.7 Å². The SMILES string of the molecule is COc1ccc([C@@H]2[C@@H](N3C(=O)c4c(Cl)c(Cl)c(Cl)c(Cl)c4C3=O)C(=O)N2c2cc(Cl)cc(Cl)c2)cc1Br. The first kappa shape index (κ1) is 26.9. The van der Waals surface area contributed by atoms with Gasteiger partial charge in [0.1, 0.15) is 11.8 Å². The van der Waals surface area contributed by atoms with E-state index in [0.29, 0.717) is 31.5 Å². The molecular formula is C24H11BrCl6N2O4. The molecule has 0 saturated carbocycles. The van der Waals surface area contributed by atoms with Gasteiger partial charge in [-0.05, 0) is 51.8 Å². The van der Waals surface area contributed by atoms with Crippen molar-refractivity contribution in [1.82, 2.24) is 4.90 Å². The first-order chi connectivity index (χ1) is 17.5. The summed E-state index contributed by atoms with van der Waals surface area (Å²) < 4.78 is 5.91. The molecule has 0 aromatic heterocycles. The molecule has 0 N–H and O–H groups in total. The molecule has 3 amide bonds. The van der Waals surface area contributed by atoms with Crippen LogP contribution in [0.15, 0.2) is 40.9 Å². The number of imide groups is 1. The van der Waals surface area contributed by atoms with Crippen molar-refractivity contribution < 1.29 is 19.1 Å². The Morgan fingerprint density at radius 3 is 1.76 bits per heavy atom. The number of hydrogen-bond acceptors (Lipinski definition) is 4. The van der Waals surface area contributed by atoms with Crippen LogP contribution in [-0.2, 0) is 4.79 Å². The molecule has 0 radical (unpaired) electrons. The summed E-state index contributed by atoms with van der Waals surface area (Å²) in [5.41, 5.74) is 0.559. The highest BCUT2D eigenvalue weighted by molar-refractivity contribution is 9.10. The summed E-state index contributed by atoms with van der Waals surface area (Å²) in [6.07, 6.45) is 0. The first-order valence-corrected chi connectivity index (χ1v) is 13.4. The van der Waals surface area contributed by atoms with Crippen molar-refractivity contribution in [3.8, 4) is 5.75 Å². The fraction of sp³-hybridized carbons (Fsp3) is 0.125. The number of β-lactam (4-membered cyclic amide) rings is 1. The number of ether oxygens (including phenoxy) is 1. The second-order valence-corrected chi connectivity index (χ2v) is 11.3. The fourth-order valence-electron chi connectivity index (χ4n) is 4.51. The minimum atomic E-state index is -1.24. The van der Waals surface area contributed by atoms with Crippen LogP contribution >= 0.6 is 85.5 Å². The lowest BCUT2D eigenvalue weighted by molar-refractivity contribution is -0.130.